The minimum absolute atomic E-state index is 0.0469. The summed E-state index contributed by atoms with van der Waals surface area (Å²) in [5.41, 5.74) is 2.68. The minimum atomic E-state index is -3.80. The molecule has 1 heterocycles. The number of halogens is 1. The highest BCUT2D eigenvalue weighted by atomic mass is 35.5. The first-order valence-electron chi connectivity index (χ1n) is 11.6. The molecular formula is C26H30ClN3O5S. The third kappa shape index (κ3) is 5.80. The van der Waals surface area contributed by atoms with E-state index < -0.39 is 15.9 Å². The summed E-state index contributed by atoms with van der Waals surface area (Å²) < 4.78 is 27.1. The van der Waals surface area contributed by atoms with Gasteiger partial charge in [0.15, 0.2) is 5.78 Å². The molecule has 2 aromatic carbocycles. The van der Waals surface area contributed by atoms with Crippen molar-refractivity contribution in [2.75, 3.05) is 18.4 Å². The Labute approximate surface area is 216 Å². The van der Waals surface area contributed by atoms with Gasteiger partial charge in [0.2, 0.25) is 10.0 Å². The number of Topliss-reactive ketones (excluding diaryl/α,β-unsaturated/α-hetero) is 1. The van der Waals surface area contributed by atoms with Crippen molar-refractivity contribution in [1.82, 2.24) is 9.29 Å². The molecule has 0 aliphatic carbocycles. The number of aromatic nitrogens is 1. The summed E-state index contributed by atoms with van der Waals surface area (Å²) in [5, 5.41) is 13.6. The van der Waals surface area contributed by atoms with Crippen LogP contribution in [0.4, 0.5) is 5.69 Å². The number of nitrogens with zero attached hydrogens (tertiary/aromatic N) is 1. The molecule has 0 radical (unpaired) electrons. The lowest BCUT2D eigenvalue weighted by molar-refractivity contribution is 0.101. The monoisotopic (exact) mass is 531 g/mol. The second-order valence-corrected chi connectivity index (χ2v) is 10.8. The largest absolute Gasteiger partial charge is 0.506 e. The summed E-state index contributed by atoms with van der Waals surface area (Å²) in [4.78, 5) is 28.6. The van der Waals surface area contributed by atoms with Crippen LogP contribution in [0.5, 0.6) is 5.75 Å². The molecule has 0 saturated heterocycles. The molecule has 1 amide bonds. The van der Waals surface area contributed by atoms with Crippen molar-refractivity contribution in [3.8, 4) is 5.75 Å². The van der Waals surface area contributed by atoms with Crippen LogP contribution in [-0.2, 0) is 22.9 Å². The van der Waals surface area contributed by atoms with Gasteiger partial charge in [-0.3, -0.25) is 9.59 Å². The fourth-order valence-electron chi connectivity index (χ4n) is 4.19. The standard InChI is InChI=1S/C26H30ClN3O5S/c1-5-30(6-2)36(34,35)20-12-14-23(32)22(15-20)29-26(33)25-21(24(17(4)31)16(3)28-25)13-9-18-7-10-19(27)11-8-18/h7-8,10-12,14-15,28,32H,5-6,9,13H2,1-4H3,(H,29,33). The van der Waals surface area contributed by atoms with Crippen LogP contribution in [0.2, 0.25) is 5.02 Å². The Balaban J connectivity index is 1.95. The number of nitrogens with one attached hydrogen (secondary N) is 2. The molecule has 0 aliphatic rings. The number of phenolic OH excluding ortho intramolecular Hbond substituents is 1. The molecule has 0 fully saturated rings. The van der Waals surface area contributed by atoms with E-state index in [1.54, 1.807) is 32.9 Å². The zero-order valence-corrected chi connectivity index (χ0v) is 22.3. The Hall–Kier alpha value is -3.14. The molecule has 0 saturated carbocycles. The van der Waals surface area contributed by atoms with Gasteiger partial charge in [0, 0.05) is 29.4 Å². The van der Waals surface area contributed by atoms with Gasteiger partial charge >= 0.3 is 0 Å². The Bertz CT molecular complexity index is 1380. The third-order valence-corrected chi connectivity index (χ3v) is 8.30. The molecule has 3 N–H and O–H groups in total. The maximum absolute atomic E-state index is 13.3. The van der Waals surface area contributed by atoms with Gasteiger partial charge < -0.3 is 15.4 Å². The molecule has 8 nitrogen and oxygen atoms in total. The molecule has 3 rings (SSSR count). The third-order valence-electron chi connectivity index (χ3n) is 6.01. The number of H-pyrrole nitrogens is 1. The van der Waals surface area contributed by atoms with Crippen molar-refractivity contribution >= 4 is 39.0 Å². The average molecular weight is 532 g/mol. The number of rotatable bonds is 10. The van der Waals surface area contributed by atoms with Crippen molar-refractivity contribution in [2.24, 2.45) is 0 Å². The van der Waals surface area contributed by atoms with Crippen molar-refractivity contribution in [1.29, 1.82) is 0 Å². The zero-order valence-electron chi connectivity index (χ0n) is 20.7. The summed E-state index contributed by atoms with van der Waals surface area (Å²) >= 11 is 5.97. The quantitative estimate of drug-likeness (QED) is 0.252. The van der Waals surface area contributed by atoms with Crippen LogP contribution in [0.3, 0.4) is 0 Å². The van der Waals surface area contributed by atoms with Crippen LogP contribution in [-0.4, -0.2) is 47.6 Å². The van der Waals surface area contributed by atoms with E-state index in [-0.39, 0.29) is 40.9 Å². The van der Waals surface area contributed by atoms with Gasteiger partial charge in [-0.05, 0) is 68.1 Å². The van der Waals surface area contributed by atoms with Crippen LogP contribution >= 0.6 is 11.6 Å². The first-order chi connectivity index (χ1) is 17.0. The van der Waals surface area contributed by atoms with Crippen LogP contribution in [0, 0.1) is 6.92 Å². The van der Waals surface area contributed by atoms with E-state index in [4.69, 9.17) is 11.6 Å². The van der Waals surface area contributed by atoms with Crippen LogP contribution in [0.1, 0.15) is 58.4 Å². The number of sulfonamides is 1. The van der Waals surface area contributed by atoms with Gasteiger partial charge in [-0.25, -0.2) is 8.42 Å². The molecule has 1 aromatic heterocycles. The second-order valence-electron chi connectivity index (χ2n) is 8.38. The van der Waals surface area contributed by atoms with E-state index in [9.17, 15) is 23.1 Å². The number of aryl methyl sites for hydroxylation is 2. The number of carbonyl (C=O) groups is 2. The fourth-order valence-corrected chi connectivity index (χ4v) is 5.80. The number of anilines is 1. The fraction of sp³-hybridized carbons (Fsp3) is 0.308. The lowest BCUT2D eigenvalue weighted by Crippen LogP contribution is -2.30. The van der Waals surface area contributed by atoms with Gasteiger partial charge in [-0.15, -0.1) is 0 Å². The van der Waals surface area contributed by atoms with Gasteiger partial charge in [-0.2, -0.15) is 4.31 Å². The van der Waals surface area contributed by atoms with Crippen LogP contribution in [0.25, 0.3) is 0 Å². The SMILES string of the molecule is CCN(CC)S(=O)(=O)c1ccc(O)c(NC(=O)c2[nH]c(C)c(C(C)=O)c2CCc2ccc(Cl)cc2)c1. The number of aromatic amines is 1. The Morgan fingerprint density at radius 1 is 1.06 bits per heavy atom. The highest BCUT2D eigenvalue weighted by Crippen LogP contribution is 2.30. The normalized spacial score (nSPS) is 11.6. The number of hydrogen-bond acceptors (Lipinski definition) is 5. The van der Waals surface area contributed by atoms with E-state index in [1.165, 1.54) is 29.4 Å². The van der Waals surface area contributed by atoms with Gasteiger partial charge in [0.1, 0.15) is 11.4 Å². The number of amides is 1. The van der Waals surface area contributed by atoms with Crippen LogP contribution < -0.4 is 5.32 Å². The molecule has 0 spiro atoms. The Morgan fingerprint density at radius 2 is 1.69 bits per heavy atom. The molecule has 0 aliphatic heterocycles. The molecule has 36 heavy (non-hydrogen) atoms. The topological polar surface area (TPSA) is 120 Å². The first-order valence-corrected chi connectivity index (χ1v) is 13.4. The number of aromatic hydroxyl groups is 1. The molecule has 3 aromatic rings. The summed E-state index contributed by atoms with van der Waals surface area (Å²) in [6, 6.07) is 11.1. The lowest BCUT2D eigenvalue weighted by atomic mass is 9.98. The van der Waals surface area contributed by atoms with Crippen molar-refractivity contribution < 1.29 is 23.1 Å². The van der Waals surface area contributed by atoms with Crippen molar-refractivity contribution in [3.05, 3.63) is 75.6 Å². The number of benzene rings is 2. The molecular weight excluding hydrogens is 502 g/mol. The predicted octanol–water partition coefficient (Wildman–Crippen LogP) is 4.95. The van der Waals surface area contributed by atoms with E-state index in [0.717, 1.165) is 5.56 Å². The van der Waals surface area contributed by atoms with Crippen molar-refractivity contribution in [2.45, 2.75) is 45.4 Å². The highest BCUT2D eigenvalue weighted by Gasteiger charge is 2.26. The zero-order chi connectivity index (χ0) is 26.6. The number of hydrogen-bond donors (Lipinski definition) is 3. The Morgan fingerprint density at radius 3 is 2.28 bits per heavy atom. The molecule has 0 bridgehead atoms. The maximum atomic E-state index is 13.3. The van der Waals surface area contributed by atoms with Gasteiger partial charge in [-0.1, -0.05) is 37.6 Å². The summed E-state index contributed by atoms with van der Waals surface area (Å²) in [6.45, 7) is 7.19. The van der Waals surface area contributed by atoms with E-state index in [1.807, 2.05) is 12.1 Å². The van der Waals surface area contributed by atoms with E-state index in [0.29, 0.717) is 34.7 Å². The average Bonchev–Trinajstić information content (AvgIpc) is 3.17. The van der Waals surface area contributed by atoms with Gasteiger partial charge in [0.25, 0.3) is 5.91 Å². The number of phenols is 1. The molecule has 192 valence electrons. The molecule has 0 unspecified atom stereocenters. The lowest BCUT2D eigenvalue weighted by Gasteiger charge is -2.19. The number of carbonyl (C=O) groups excluding carboxylic acids is 2. The summed E-state index contributed by atoms with van der Waals surface area (Å²) in [6.07, 6.45) is 0.976. The summed E-state index contributed by atoms with van der Waals surface area (Å²) in [7, 11) is -3.80. The smallest absolute Gasteiger partial charge is 0.272 e. The van der Waals surface area contributed by atoms with Gasteiger partial charge in [0.05, 0.1) is 10.6 Å². The van der Waals surface area contributed by atoms with Crippen LogP contribution in [0.15, 0.2) is 47.4 Å². The number of ketones is 1. The minimum Gasteiger partial charge on any atom is -0.506 e. The Kier molecular flexibility index (Phi) is 8.60. The molecule has 0 atom stereocenters. The summed E-state index contributed by atoms with van der Waals surface area (Å²) in [5.74, 6) is -1.05. The van der Waals surface area contributed by atoms with Crippen molar-refractivity contribution in [3.63, 3.8) is 0 Å². The van der Waals surface area contributed by atoms with E-state index in [2.05, 4.69) is 10.3 Å². The van der Waals surface area contributed by atoms with E-state index >= 15 is 0 Å². The maximum Gasteiger partial charge on any atom is 0.272 e. The second kappa shape index (κ2) is 11.3. The molecule has 10 heteroatoms. The highest BCUT2D eigenvalue weighted by molar-refractivity contribution is 7.89. The predicted molar refractivity (Wildman–Crippen MR) is 141 cm³/mol. The first kappa shape index (κ1) is 27.4.